The van der Waals surface area contributed by atoms with E-state index in [1.54, 1.807) is 38.1 Å². The Morgan fingerprint density at radius 1 is 0.593 bits per heavy atom. The number of carbonyl (C=O) groups is 4. The third-order valence-electron chi connectivity index (χ3n) is 8.32. The SMILES string of the molecule is C[C@@](N)(CCc1ccc(C(=O)CCCOc2ccccc2)o1)COC(=O)/C=C/C(=O)OC[C@](C)(N)CCc1ccc(C(=O)CCCOc2ccccc2)o1. The summed E-state index contributed by atoms with van der Waals surface area (Å²) in [6, 6.07) is 25.6. The van der Waals surface area contributed by atoms with Crippen LogP contribution in [0.2, 0.25) is 0 Å². The monoisotopic (exact) mass is 742 g/mol. The van der Waals surface area contributed by atoms with Crippen LogP contribution in [0.5, 0.6) is 11.5 Å². The number of hydrogen-bond acceptors (Lipinski definition) is 12. The number of ketones is 2. The van der Waals surface area contributed by atoms with Crippen LogP contribution in [-0.2, 0) is 31.9 Å². The summed E-state index contributed by atoms with van der Waals surface area (Å²) in [6.07, 6.45) is 5.32. The van der Waals surface area contributed by atoms with Crippen molar-refractivity contribution in [3.05, 3.63) is 120 Å². The maximum absolute atomic E-state index is 12.5. The maximum atomic E-state index is 12.5. The molecule has 0 aliphatic carbocycles. The quantitative estimate of drug-likeness (QED) is 0.0340. The molecule has 0 unspecified atom stereocenters. The first kappa shape index (κ1) is 41.3. The second-order valence-electron chi connectivity index (χ2n) is 13.8. The molecule has 0 aliphatic heterocycles. The van der Waals surface area contributed by atoms with Gasteiger partial charge in [0, 0.05) is 48.9 Å². The van der Waals surface area contributed by atoms with E-state index in [0.717, 1.165) is 23.7 Å². The van der Waals surface area contributed by atoms with E-state index in [0.29, 0.717) is 76.1 Å². The molecule has 0 saturated carbocycles. The van der Waals surface area contributed by atoms with Crippen LogP contribution >= 0.6 is 0 Å². The van der Waals surface area contributed by atoms with Crippen LogP contribution in [0.25, 0.3) is 0 Å². The van der Waals surface area contributed by atoms with Crippen LogP contribution < -0.4 is 20.9 Å². The molecule has 0 aliphatic rings. The fourth-order valence-corrected chi connectivity index (χ4v) is 5.12. The Balaban J connectivity index is 1.07. The molecule has 2 heterocycles. The average Bonchev–Trinajstić information content (AvgIpc) is 3.86. The lowest BCUT2D eigenvalue weighted by molar-refractivity contribution is -0.142. The molecule has 0 saturated heterocycles. The van der Waals surface area contributed by atoms with Crippen molar-refractivity contribution in [2.45, 2.75) is 76.3 Å². The van der Waals surface area contributed by atoms with Crippen molar-refractivity contribution in [2.75, 3.05) is 26.4 Å². The highest BCUT2D eigenvalue weighted by atomic mass is 16.5. The molecule has 2 aromatic carbocycles. The summed E-state index contributed by atoms with van der Waals surface area (Å²) in [5.74, 6) is 1.52. The Bertz CT molecular complexity index is 1680. The van der Waals surface area contributed by atoms with Gasteiger partial charge in [0.2, 0.25) is 0 Å². The van der Waals surface area contributed by atoms with Gasteiger partial charge in [-0.15, -0.1) is 0 Å². The molecule has 4 aromatic rings. The first-order valence-electron chi connectivity index (χ1n) is 18.1. The molecular weight excluding hydrogens is 692 g/mol. The van der Waals surface area contributed by atoms with Crippen LogP contribution in [0.1, 0.15) is 85.0 Å². The highest BCUT2D eigenvalue weighted by Gasteiger charge is 2.24. The number of rotatable bonds is 24. The predicted octanol–water partition coefficient (Wildman–Crippen LogP) is 6.60. The molecule has 288 valence electrons. The summed E-state index contributed by atoms with van der Waals surface area (Å²) in [4.78, 5) is 49.6. The molecule has 0 radical (unpaired) electrons. The Kier molecular flexibility index (Phi) is 15.8. The smallest absolute Gasteiger partial charge is 0.331 e. The van der Waals surface area contributed by atoms with E-state index < -0.39 is 23.0 Å². The zero-order valence-electron chi connectivity index (χ0n) is 31.0. The van der Waals surface area contributed by atoms with Gasteiger partial charge in [-0.1, -0.05) is 36.4 Å². The third kappa shape index (κ3) is 15.3. The molecule has 54 heavy (non-hydrogen) atoms. The molecule has 0 spiro atoms. The van der Waals surface area contributed by atoms with Gasteiger partial charge in [0.25, 0.3) is 0 Å². The van der Waals surface area contributed by atoms with E-state index in [1.807, 2.05) is 60.7 Å². The summed E-state index contributed by atoms with van der Waals surface area (Å²) < 4.78 is 33.2. The number of hydrogen-bond donors (Lipinski definition) is 2. The minimum atomic E-state index is -0.892. The minimum Gasteiger partial charge on any atom is -0.494 e. The van der Waals surface area contributed by atoms with Crippen molar-refractivity contribution in [1.82, 2.24) is 0 Å². The molecule has 2 atom stereocenters. The van der Waals surface area contributed by atoms with Gasteiger partial charge in [0.15, 0.2) is 23.1 Å². The molecule has 12 heteroatoms. The Labute approximate surface area is 315 Å². The highest BCUT2D eigenvalue weighted by Crippen LogP contribution is 2.19. The van der Waals surface area contributed by atoms with E-state index >= 15 is 0 Å². The third-order valence-corrected chi connectivity index (χ3v) is 8.32. The normalized spacial score (nSPS) is 13.5. The standard InChI is InChI=1S/C42H50N2O10/c1-41(43,25-23-33-17-19-37(53-33)35(45)15-9-27-49-31-11-5-3-6-12-31)29-51-39(47)21-22-40(48)52-30-42(2,44)26-24-34-18-20-38(54-34)36(46)16-10-28-50-32-13-7-4-8-14-32/h3-8,11-14,17-22H,9-10,15-16,23-30,43-44H2,1-2H3/b22-21+/t41-,42-/m1/s1. The lowest BCUT2D eigenvalue weighted by Crippen LogP contribution is -2.42. The fraction of sp³-hybridized carbons (Fsp3) is 0.381. The zero-order valence-corrected chi connectivity index (χ0v) is 31.0. The van der Waals surface area contributed by atoms with Gasteiger partial charge in [0.05, 0.1) is 13.2 Å². The molecule has 0 fully saturated rings. The molecule has 0 amide bonds. The number of aryl methyl sites for hydroxylation is 2. The van der Waals surface area contributed by atoms with Gasteiger partial charge in [0.1, 0.15) is 36.2 Å². The van der Waals surface area contributed by atoms with Crippen molar-refractivity contribution in [3.63, 3.8) is 0 Å². The molecule has 12 nitrogen and oxygen atoms in total. The van der Waals surface area contributed by atoms with Gasteiger partial charge in [-0.05, 0) is 88.1 Å². The number of ether oxygens (including phenoxy) is 4. The number of esters is 2. The molecule has 0 bridgehead atoms. The number of benzene rings is 2. The first-order valence-corrected chi connectivity index (χ1v) is 18.1. The first-order chi connectivity index (χ1) is 25.9. The number of Topliss-reactive ketones (excluding diaryl/α,β-unsaturated/α-hetero) is 2. The molecule has 4 N–H and O–H groups in total. The number of para-hydroxylation sites is 2. The Hall–Kier alpha value is -5.46. The van der Waals surface area contributed by atoms with E-state index in [9.17, 15) is 19.2 Å². The lowest BCUT2D eigenvalue weighted by Gasteiger charge is -2.23. The lowest BCUT2D eigenvalue weighted by atomic mass is 9.97. The molecule has 4 rings (SSSR count). The summed E-state index contributed by atoms with van der Waals surface area (Å²) >= 11 is 0. The van der Waals surface area contributed by atoms with Crippen molar-refractivity contribution >= 4 is 23.5 Å². The van der Waals surface area contributed by atoms with Crippen LogP contribution in [0.15, 0.2) is 106 Å². The molecule has 2 aromatic heterocycles. The van der Waals surface area contributed by atoms with Gasteiger partial charge in [-0.25, -0.2) is 9.59 Å². The van der Waals surface area contributed by atoms with Crippen LogP contribution in [0, 0.1) is 0 Å². The number of nitrogens with two attached hydrogens (primary N) is 2. The summed E-state index contributed by atoms with van der Waals surface area (Å²) in [5.41, 5.74) is 10.9. The second kappa shape index (κ2) is 20.7. The van der Waals surface area contributed by atoms with Crippen molar-refractivity contribution in [2.24, 2.45) is 11.5 Å². The summed E-state index contributed by atoms with van der Waals surface area (Å²) in [5, 5.41) is 0. The van der Waals surface area contributed by atoms with E-state index in [2.05, 4.69) is 0 Å². The van der Waals surface area contributed by atoms with E-state index in [1.165, 1.54) is 0 Å². The largest absolute Gasteiger partial charge is 0.494 e. The maximum Gasteiger partial charge on any atom is 0.331 e. The van der Waals surface area contributed by atoms with Gasteiger partial charge >= 0.3 is 11.9 Å². The number of carbonyl (C=O) groups excluding carboxylic acids is 4. The van der Waals surface area contributed by atoms with Crippen molar-refractivity contribution < 1.29 is 47.0 Å². The van der Waals surface area contributed by atoms with Gasteiger partial charge in [-0.2, -0.15) is 0 Å². The van der Waals surface area contributed by atoms with Crippen LogP contribution in [0.4, 0.5) is 0 Å². The van der Waals surface area contributed by atoms with Crippen LogP contribution in [0.3, 0.4) is 0 Å². The second-order valence-corrected chi connectivity index (χ2v) is 13.8. The zero-order chi connectivity index (χ0) is 38.8. The fourth-order valence-electron chi connectivity index (χ4n) is 5.12. The van der Waals surface area contributed by atoms with Crippen molar-refractivity contribution in [1.29, 1.82) is 0 Å². The predicted molar refractivity (Wildman–Crippen MR) is 201 cm³/mol. The summed E-state index contributed by atoms with van der Waals surface area (Å²) in [7, 11) is 0. The van der Waals surface area contributed by atoms with E-state index in [-0.39, 0.29) is 36.3 Å². The van der Waals surface area contributed by atoms with Gasteiger partial charge in [-0.3, -0.25) is 9.59 Å². The molecular formula is C42H50N2O10. The Morgan fingerprint density at radius 3 is 1.37 bits per heavy atom. The minimum absolute atomic E-state index is 0.108. The highest BCUT2D eigenvalue weighted by molar-refractivity contribution is 5.94. The van der Waals surface area contributed by atoms with Crippen LogP contribution in [-0.4, -0.2) is 61.0 Å². The Morgan fingerprint density at radius 2 is 0.981 bits per heavy atom. The number of furan rings is 2. The topological polar surface area (TPSA) is 184 Å². The average molecular weight is 743 g/mol. The summed E-state index contributed by atoms with van der Waals surface area (Å²) in [6.45, 7) is 4.09. The van der Waals surface area contributed by atoms with Crippen molar-refractivity contribution in [3.8, 4) is 11.5 Å². The van der Waals surface area contributed by atoms with Gasteiger partial charge < -0.3 is 39.2 Å². The van der Waals surface area contributed by atoms with E-state index in [4.69, 9.17) is 39.2 Å².